The Morgan fingerprint density at radius 3 is 2.55 bits per heavy atom. The Labute approximate surface area is 120 Å². The zero-order valence-electron chi connectivity index (χ0n) is 12.0. The first-order chi connectivity index (χ1) is 9.66. The normalized spacial score (nSPS) is 18.0. The second kappa shape index (κ2) is 7.38. The summed E-state index contributed by atoms with van der Waals surface area (Å²) in [5.74, 6) is 0.110. The molecule has 0 aromatic heterocycles. The molecule has 1 amide bonds. The molecule has 2 N–H and O–H groups in total. The number of rotatable bonds is 5. The van der Waals surface area contributed by atoms with Gasteiger partial charge in [0.15, 0.2) is 0 Å². The molecule has 1 unspecified atom stereocenters. The number of aliphatic hydroxyl groups is 1. The molecule has 1 aromatic carbocycles. The number of carbonyl (C=O) groups is 1. The molecule has 5 nitrogen and oxygen atoms in total. The van der Waals surface area contributed by atoms with Crippen LogP contribution in [0.5, 0.6) is 0 Å². The van der Waals surface area contributed by atoms with Gasteiger partial charge in [0.25, 0.3) is 0 Å². The van der Waals surface area contributed by atoms with Crippen molar-refractivity contribution in [3.05, 3.63) is 35.9 Å². The zero-order chi connectivity index (χ0) is 14.4. The van der Waals surface area contributed by atoms with E-state index < -0.39 is 6.10 Å². The van der Waals surface area contributed by atoms with Crippen LogP contribution in [0.15, 0.2) is 30.3 Å². The van der Waals surface area contributed by atoms with Gasteiger partial charge in [-0.1, -0.05) is 30.3 Å². The van der Waals surface area contributed by atoms with Gasteiger partial charge >= 0.3 is 0 Å². The topological polar surface area (TPSA) is 55.8 Å². The molecule has 2 rings (SSSR count). The van der Waals surface area contributed by atoms with Crippen LogP contribution >= 0.6 is 0 Å². The van der Waals surface area contributed by atoms with Crippen molar-refractivity contribution in [3.8, 4) is 0 Å². The summed E-state index contributed by atoms with van der Waals surface area (Å²) in [5, 5.41) is 13.0. The van der Waals surface area contributed by atoms with Crippen molar-refractivity contribution in [3.63, 3.8) is 0 Å². The fraction of sp³-hybridized carbons (Fsp3) is 0.533. The van der Waals surface area contributed by atoms with Gasteiger partial charge in [-0.3, -0.25) is 4.79 Å². The number of amides is 1. The minimum Gasteiger partial charge on any atom is -0.387 e. The van der Waals surface area contributed by atoms with Crippen LogP contribution in [0.25, 0.3) is 0 Å². The fourth-order valence-electron chi connectivity index (χ4n) is 2.28. The van der Waals surface area contributed by atoms with Gasteiger partial charge in [-0.15, -0.1) is 0 Å². The van der Waals surface area contributed by atoms with E-state index in [0.717, 1.165) is 31.7 Å². The molecule has 1 atom stereocenters. The first-order valence-electron chi connectivity index (χ1n) is 7.07. The Hall–Kier alpha value is -1.43. The van der Waals surface area contributed by atoms with Crippen molar-refractivity contribution >= 4 is 5.91 Å². The van der Waals surface area contributed by atoms with E-state index in [-0.39, 0.29) is 12.5 Å². The summed E-state index contributed by atoms with van der Waals surface area (Å²) >= 11 is 0. The molecule has 1 aliphatic rings. The molecule has 20 heavy (non-hydrogen) atoms. The maximum absolute atomic E-state index is 12.0. The summed E-state index contributed by atoms with van der Waals surface area (Å²) in [6.45, 7) is 4.12. The molecule has 1 heterocycles. The Balaban J connectivity index is 1.69. The summed E-state index contributed by atoms with van der Waals surface area (Å²) in [6.07, 6.45) is -0.573. The van der Waals surface area contributed by atoms with Crippen LogP contribution in [-0.2, 0) is 4.79 Å². The van der Waals surface area contributed by atoms with Gasteiger partial charge in [0, 0.05) is 32.7 Å². The Kier molecular flexibility index (Phi) is 5.52. The molecule has 0 aliphatic carbocycles. The van der Waals surface area contributed by atoms with Crippen molar-refractivity contribution < 1.29 is 9.90 Å². The minimum atomic E-state index is -0.573. The molecule has 110 valence electrons. The minimum absolute atomic E-state index is 0.110. The van der Waals surface area contributed by atoms with Crippen LogP contribution in [0.1, 0.15) is 11.7 Å². The molecule has 1 aliphatic heterocycles. The molecule has 0 saturated carbocycles. The predicted octanol–water partition coefficient (Wildman–Crippen LogP) is 0.0836. The van der Waals surface area contributed by atoms with Gasteiger partial charge < -0.3 is 20.2 Å². The van der Waals surface area contributed by atoms with Crippen LogP contribution < -0.4 is 5.32 Å². The van der Waals surface area contributed by atoms with Gasteiger partial charge in [-0.25, -0.2) is 0 Å². The zero-order valence-corrected chi connectivity index (χ0v) is 12.0. The molecule has 0 bridgehead atoms. The lowest BCUT2D eigenvalue weighted by molar-refractivity contribution is -0.131. The van der Waals surface area contributed by atoms with E-state index in [9.17, 15) is 9.90 Å². The molecule has 0 radical (unpaired) electrons. The van der Waals surface area contributed by atoms with Crippen LogP contribution in [0.4, 0.5) is 0 Å². The Bertz CT molecular complexity index is 416. The lowest BCUT2D eigenvalue weighted by Crippen LogP contribution is -2.49. The number of aliphatic hydroxyl groups excluding tert-OH is 1. The van der Waals surface area contributed by atoms with Crippen LogP contribution in [0.3, 0.4) is 0 Å². The summed E-state index contributed by atoms with van der Waals surface area (Å²) < 4.78 is 0. The predicted molar refractivity (Wildman–Crippen MR) is 78.3 cm³/mol. The van der Waals surface area contributed by atoms with E-state index in [4.69, 9.17) is 0 Å². The highest BCUT2D eigenvalue weighted by atomic mass is 16.3. The van der Waals surface area contributed by atoms with Crippen molar-refractivity contribution in [1.82, 2.24) is 15.1 Å². The summed E-state index contributed by atoms with van der Waals surface area (Å²) in [5.41, 5.74) is 0.868. The molecular formula is C15H23N3O2. The molecule has 1 saturated heterocycles. The standard InChI is InChI=1S/C15H23N3O2/c1-17-7-9-18(10-8-17)15(20)12-16-11-14(19)13-5-3-2-4-6-13/h2-6,14,16,19H,7-12H2,1H3. The monoisotopic (exact) mass is 277 g/mol. The molecule has 1 aromatic rings. The molecule has 0 spiro atoms. The van der Waals surface area contributed by atoms with Crippen molar-refractivity contribution in [2.75, 3.05) is 46.3 Å². The maximum atomic E-state index is 12.0. The highest BCUT2D eigenvalue weighted by Gasteiger charge is 2.18. The summed E-state index contributed by atoms with van der Waals surface area (Å²) in [4.78, 5) is 16.1. The number of hydrogen-bond acceptors (Lipinski definition) is 4. The Morgan fingerprint density at radius 2 is 1.90 bits per heavy atom. The van der Waals surface area contributed by atoms with Crippen LogP contribution in [-0.4, -0.2) is 67.1 Å². The quantitative estimate of drug-likeness (QED) is 0.800. The average Bonchev–Trinajstić information content (AvgIpc) is 2.48. The van der Waals surface area contributed by atoms with Gasteiger partial charge in [-0.2, -0.15) is 0 Å². The smallest absolute Gasteiger partial charge is 0.236 e. The van der Waals surface area contributed by atoms with Crippen molar-refractivity contribution in [2.45, 2.75) is 6.10 Å². The third kappa shape index (κ3) is 4.30. The van der Waals surface area contributed by atoms with Crippen LogP contribution in [0, 0.1) is 0 Å². The lowest BCUT2D eigenvalue weighted by atomic mass is 10.1. The molecule has 5 heteroatoms. The largest absolute Gasteiger partial charge is 0.387 e. The third-order valence-corrected chi connectivity index (χ3v) is 3.65. The second-order valence-electron chi connectivity index (χ2n) is 5.24. The summed E-state index contributed by atoms with van der Waals surface area (Å²) in [7, 11) is 2.07. The molecule has 1 fully saturated rings. The fourth-order valence-corrected chi connectivity index (χ4v) is 2.28. The number of likely N-dealkylation sites (N-methyl/N-ethyl adjacent to an activating group) is 1. The first-order valence-corrected chi connectivity index (χ1v) is 7.07. The number of nitrogens with one attached hydrogen (secondary N) is 1. The van der Waals surface area contributed by atoms with E-state index in [1.54, 1.807) is 0 Å². The number of piperazine rings is 1. The maximum Gasteiger partial charge on any atom is 0.236 e. The lowest BCUT2D eigenvalue weighted by Gasteiger charge is -2.32. The highest BCUT2D eigenvalue weighted by Crippen LogP contribution is 2.10. The Morgan fingerprint density at radius 1 is 1.25 bits per heavy atom. The molecular weight excluding hydrogens is 254 g/mol. The third-order valence-electron chi connectivity index (χ3n) is 3.65. The van der Waals surface area contributed by atoms with Gasteiger partial charge in [0.05, 0.1) is 12.6 Å². The van der Waals surface area contributed by atoms with Crippen molar-refractivity contribution in [1.29, 1.82) is 0 Å². The average molecular weight is 277 g/mol. The highest BCUT2D eigenvalue weighted by molar-refractivity contribution is 5.78. The van der Waals surface area contributed by atoms with E-state index in [1.165, 1.54) is 0 Å². The van der Waals surface area contributed by atoms with E-state index >= 15 is 0 Å². The first kappa shape index (κ1) is 15.0. The number of hydrogen-bond donors (Lipinski definition) is 2. The number of nitrogens with zero attached hydrogens (tertiary/aromatic N) is 2. The van der Waals surface area contributed by atoms with Gasteiger partial charge in [0.2, 0.25) is 5.91 Å². The van der Waals surface area contributed by atoms with Gasteiger partial charge in [-0.05, 0) is 12.6 Å². The number of carbonyl (C=O) groups excluding carboxylic acids is 1. The van der Waals surface area contributed by atoms with E-state index in [0.29, 0.717) is 6.54 Å². The summed E-state index contributed by atoms with van der Waals surface area (Å²) in [6, 6.07) is 9.48. The van der Waals surface area contributed by atoms with Gasteiger partial charge in [0.1, 0.15) is 0 Å². The van der Waals surface area contributed by atoms with Crippen LogP contribution in [0.2, 0.25) is 0 Å². The second-order valence-corrected chi connectivity index (χ2v) is 5.24. The van der Waals surface area contributed by atoms with E-state index in [2.05, 4.69) is 17.3 Å². The van der Waals surface area contributed by atoms with E-state index in [1.807, 2.05) is 35.2 Å². The van der Waals surface area contributed by atoms with Crippen molar-refractivity contribution in [2.24, 2.45) is 0 Å². The SMILES string of the molecule is CN1CCN(C(=O)CNCC(O)c2ccccc2)CC1. The number of benzene rings is 1.